The number of nitrogen functional groups attached to an aromatic ring is 1. The molecule has 0 aliphatic rings. The molecule has 3 N–H and O–H groups in total. The fraction of sp³-hybridized carbons (Fsp3) is 0.308. The minimum absolute atomic E-state index is 0.310. The second-order valence-electron chi connectivity index (χ2n) is 4.05. The van der Waals surface area contributed by atoms with Crippen LogP contribution in [0.1, 0.15) is 29.8 Å². The molecule has 4 heteroatoms. The van der Waals surface area contributed by atoms with Gasteiger partial charge in [-0.25, -0.2) is 4.98 Å². The van der Waals surface area contributed by atoms with Crippen molar-refractivity contribution in [2.45, 2.75) is 26.3 Å². The van der Waals surface area contributed by atoms with Crippen LogP contribution in [0.25, 0.3) is 0 Å². The second-order valence-corrected chi connectivity index (χ2v) is 5.03. The lowest BCUT2D eigenvalue weighted by Crippen LogP contribution is -2.09. The smallest absolute Gasteiger partial charge is 0.128 e. The Morgan fingerprint density at radius 1 is 1.53 bits per heavy atom. The van der Waals surface area contributed by atoms with Crippen LogP contribution in [0, 0.1) is 6.92 Å². The van der Waals surface area contributed by atoms with Crippen molar-refractivity contribution in [3.05, 3.63) is 40.2 Å². The molecule has 0 saturated heterocycles. The van der Waals surface area contributed by atoms with E-state index in [0.717, 1.165) is 23.5 Å². The molecule has 1 unspecified atom stereocenters. The number of nitrogens with zero attached hydrogens (tertiary/aromatic N) is 1. The molecule has 2 aromatic heterocycles. The fourth-order valence-electron chi connectivity index (χ4n) is 1.66. The van der Waals surface area contributed by atoms with E-state index in [1.807, 2.05) is 13.0 Å². The first-order valence-corrected chi connectivity index (χ1v) is 6.60. The summed E-state index contributed by atoms with van der Waals surface area (Å²) in [4.78, 5) is 5.68. The number of aromatic nitrogens is 1. The van der Waals surface area contributed by atoms with Crippen LogP contribution < -0.4 is 11.1 Å². The largest absolute Gasteiger partial charge is 0.398 e. The monoisotopic (exact) mass is 247 g/mol. The SMILES string of the molecule is CCC(Nc1cc(N)c(C)cn1)c1cccs1. The molecule has 0 spiro atoms. The first-order chi connectivity index (χ1) is 8.20. The summed E-state index contributed by atoms with van der Waals surface area (Å²) in [5.41, 5.74) is 7.67. The van der Waals surface area contributed by atoms with E-state index in [0.29, 0.717) is 6.04 Å². The summed E-state index contributed by atoms with van der Waals surface area (Å²) in [6.45, 7) is 4.12. The number of pyridine rings is 1. The summed E-state index contributed by atoms with van der Waals surface area (Å²) in [5, 5.41) is 5.51. The predicted octanol–water partition coefficient (Wildman–Crippen LogP) is 3.60. The van der Waals surface area contributed by atoms with Gasteiger partial charge in [-0.05, 0) is 30.4 Å². The van der Waals surface area contributed by atoms with Crippen LogP contribution in [-0.4, -0.2) is 4.98 Å². The minimum Gasteiger partial charge on any atom is -0.398 e. The van der Waals surface area contributed by atoms with E-state index in [9.17, 15) is 0 Å². The Kier molecular flexibility index (Phi) is 3.64. The molecule has 2 heterocycles. The Bertz CT molecular complexity index is 479. The maximum absolute atomic E-state index is 5.88. The van der Waals surface area contributed by atoms with Crippen molar-refractivity contribution < 1.29 is 0 Å². The quantitative estimate of drug-likeness (QED) is 0.868. The zero-order chi connectivity index (χ0) is 12.3. The molecule has 2 aromatic rings. The van der Waals surface area contributed by atoms with Gasteiger partial charge in [0.2, 0.25) is 0 Å². The standard InChI is InChI=1S/C13H17N3S/c1-3-11(12-5-4-6-17-12)16-13-7-10(14)9(2)8-15-13/h4-8,11H,3H2,1-2H3,(H3,14,15,16). The van der Waals surface area contributed by atoms with Gasteiger partial charge in [-0.2, -0.15) is 0 Å². The van der Waals surface area contributed by atoms with Crippen molar-refractivity contribution in [2.24, 2.45) is 0 Å². The highest BCUT2D eigenvalue weighted by Gasteiger charge is 2.10. The van der Waals surface area contributed by atoms with Gasteiger partial charge in [0.05, 0.1) is 6.04 Å². The van der Waals surface area contributed by atoms with E-state index in [1.165, 1.54) is 4.88 Å². The molecule has 0 aromatic carbocycles. The van der Waals surface area contributed by atoms with Gasteiger partial charge in [0.1, 0.15) is 5.82 Å². The third kappa shape index (κ3) is 2.77. The zero-order valence-electron chi connectivity index (χ0n) is 10.1. The van der Waals surface area contributed by atoms with Crippen molar-refractivity contribution in [1.29, 1.82) is 0 Å². The molecule has 0 amide bonds. The summed E-state index contributed by atoms with van der Waals surface area (Å²) >= 11 is 1.76. The summed E-state index contributed by atoms with van der Waals surface area (Å²) in [6, 6.07) is 6.42. The highest BCUT2D eigenvalue weighted by molar-refractivity contribution is 7.10. The average Bonchev–Trinajstić information content (AvgIpc) is 2.84. The molecular weight excluding hydrogens is 230 g/mol. The summed E-state index contributed by atoms with van der Waals surface area (Å²) < 4.78 is 0. The van der Waals surface area contributed by atoms with E-state index in [2.05, 4.69) is 34.7 Å². The number of hydrogen-bond donors (Lipinski definition) is 2. The van der Waals surface area contributed by atoms with Crippen molar-refractivity contribution in [1.82, 2.24) is 4.98 Å². The number of thiophene rings is 1. The van der Waals surface area contributed by atoms with Crippen LogP contribution in [0.4, 0.5) is 11.5 Å². The number of anilines is 2. The third-order valence-corrected chi connectivity index (χ3v) is 3.75. The molecule has 0 saturated carbocycles. The number of nitrogens with one attached hydrogen (secondary N) is 1. The van der Waals surface area contributed by atoms with Gasteiger partial charge in [0.25, 0.3) is 0 Å². The van der Waals surface area contributed by atoms with Crippen molar-refractivity contribution in [3.8, 4) is 0 Å². The van der Waals surface area contributed by atoms with Crippen molar-refractivity contribution in [2.75, 3.05) is 11.1 Å². The molecule has 0 fully saturated rings. The van der Waals surface area contributed by atoms with Crippen LogP contribution in [0.3, 0.4) is 0 Å². The predicted molar refractivity (Wildman–Crippen MR) is 74.4 cm³/mol. The average molecular weight is 247 g/mol. The molecular formula is C13H17N3S. The number of nitrogens with two attached hydrogens (primary N) is 1. The van der Waals surface area contributed by atoms with E-state index < -0.39 is 0 Å². The first kappa shape index (κ1) is 11.9. The fourth-order valence-corrected chi connectivity index (χ4v) is 2.52. The summed E-state index contributed by atoms with van der Waals surface area (Å²) in [5.74, 6) is 0.841. The molecule has 0 aliphatic carbocycles. The van der Waals surface area contributed by atoms with E-state index in [4.69, 9.17) is 5.73 Å². The maximum Gasteiger partial charge on any atom is 0.128 e. The van der Waals surface area contributed by atoms with Crippen LogP contribution in [0.2, 0.25) is 0 Å². The zero-order valence-corrected chi connectivity index (χ0v) is 10.9. The number of aryl methyl sites for hydroxylation is 1. The third-order valence-electron chi connectivity index (χ3n) is 2.76. The molecule has 1 atom stereocenters. The van der Waals surface area contributed by atoms with E-state index in [-0.39, 0.29) is 0 Å². The van der Waals surface area contributed by atoms with E-state index in [1.54, 1.807) is 17.5 Å². The van der Waals surface area contributed by atoms with Gasteiger partial charge in [-0.1, -0.05) is 13.0 Å². The number of hydrogen-bond acceptors (Lipinski definition) is 4. The Labute approximate surface area is 106 Å². The van der Waals surface area contributed by atoms with E-state index >= 15 is 0 Å². The Balaban J connectivity index is 2.16. The van der Waals surface area contributed by atoms with Gasteiger partial charge in [0.15, 0.2) is 0 Å². The summed E-state index contributed by atoms with van der Waals surface area (Å²) in [7, 11) is 0. The van der Waals surface area contributed by atoms with Crippen LogP contribution in [0.5, 0.6) is 0 Å². The van der Waals surface area contributed by atoms with Crippen molar-refractivity contribution >= 4 is 22.8 Å². The van der Waals surface area contributed by atoms with Gasteiger partial charge in [-0.15, -0.1) is 11.3 Å². The van der Waals surface area contributed by atoms with Crippen LogP contribution in [0.15, 0.2) is 29.8 Å². The molecule has 0 aliphatic heterocycles. The molecule has 3 nitrogen and oxygen atoms in total. The number of rotatable bonds is 4. The highest BCUT2D eigenvalue weighted by atomic mass is 32.1. The van der Waals surface area contributed by atoms with Crippen LogP contribution >= 0.6 is 11.3 Å². The van der Waals surface area contributed by atoms with Crippen LogP contribution in [-0.2, 0) is 0 Å². The van der Waals surface area contributed by atoms with Gasteiger partial charge in [0, 0.05) is 22.8 Å². The maximum atomic E-state index is 5.88. The Hall–Kier alpha value is -1.55. The molecule has 2 rings (SSSR count). The summed E-state index contributed by atoms with van der Waals surface area (Å²) in [6.07, 6.45) is 2.83. The molecule has 17 heavy (non-hydrogen) atoms. The van der Waals surface area contributed by atoms with Crippen molar-refractivity contribution in [3.63, 3.8) is 0 Å². The minimum atomic E-state index is 0.310. The van der Waals surface area contributed by atoms with Gasteiger partial charge >= 0.3 is 0 Å². The highest BCUT2D eigenvalue weighted by Crippen LogP contribution is 2.26. The second kappa shape index (κ2) is 5.19. The lowest BCUT2D eigenvalue weighted by Gasteiger charge is -2.16. The topological polar surface area (TPSA) is 50.9 Å². The molecule has 90 valence electrons. The Morgan fingerprint density at radius 3 is 2.94 bits per heavy atom. The lowest BCUT2D eigenvalue weighted by molar-refractivity contribution is 0.759. The molecule has 0 radical (unpaired) electrons. The molecule has 0 bridgehead atoms. The first-order valence-electron chi connectivity index (χ1n) is 5.72. The van der Waals surface area contributed by atoms with Gasteiger partial charge in [-0.3, -0.25) is 0 Å². The van der Waals surface area contributed by atoms with Gasteiger partial charge < -0.3 is 11.1 Å². The normalized spacial score (nSPS) is 12.4. The lowest BCUT2D eigenvalue weighted by atomic mass is 10.2. The Morgan fingerprint density at radius 2 is 2.35 bits per heavy atom.